The number of halogens is 2. The Morgan fingerprint density at radius 3 is 2.70 bits per heavy atom. The van der Waals surface area contributed by atoms with Crippen LogP contribution in [0.25, 0.3) is 0 Å². The van der Waals surface area contributed by atoms with Crippen molar-refractivity contribution in [2.24, 2.45) is 0 Å². The molecule has 2 aromatic rings. The number of hydrogen-bond acceptors (Lipinski definition) is 2. The second kappa shape index (κ2) is 6.52. The van der Waals surface area contributed by atoms with Gasteiger partial charge in [0.25, 0.3) is 5.91 Å². The van der Waals surface area contributed by atoms with Gasteiger partial charge in [0.15, 0.2) is 11.6 Å². The lowest BCUT2D eigenvalue weighted by atomic mass is 10.2. The molecule has 0 radical (unpaired) electrons. The molecule has 3 nitrogen and oxygen atoms in total. The number of anilines is 1. The topological polar surface area (TPSA) is 38.3 Å². The molecule has 1 N–H and O–H groups in total. The molecule has 0 bridgehead atoms. The standard InChI is InChI=1S/C15H13BrFNO2/c1-2-20-14-8-7-10(9-13(14)17)18-15(19)11-5-3-4-6-12(11)16/h3-9H,2H2,1H3,(H,18,19). The summed E-state index contributed by atoms with van der Waals surface area (Å²) < 4.78 is 19.5. The van der Waals surface area contributed by atoms with Gasteiger partial charge in [0.1, 0.15) is 0 Å². The number of nitrogens with one attached hydrogen (secondary N) is 1. The van der Waals surface area contributed by atoms with Crippen LogP contribution < -0.4 is 10.1 Å². The van der Waals surface area contributed by atoms with Crippen LogP contribution in [0.2, 0.25) is 0 Å². The first-order valence-corrected chi connectivity index (χ1v) is 6.89. The fraction of sp³-hybridized carbons (Fsp3) is 0.133. The maximum Gasteiger partial charge on any atom is 0.256 e. The first kappa shape index (κ1) is 14.5. The van der Waals surface area contributed by atoms with Crippen LogP contribution >= 0.6 is 15.9 Å². The summed E-state index contributed by atoms with van der Waals surface area (Å²) in [6.07, 6.45) is 0. The predicted octanol–water partition coefficient (Wildman–Crippen LogP) is 4.24. The number of carbonyl (C=O) groups excluding carboxylic acids is 1. The average Bonchev–Trinajstić information content (AvgIpc) is 2.42. The fourth-order valence-corrected chi connectivity index (χ4v) is 2.16. The Morgan fingerprint density at radius 1 is 1.30 bits per heavy atom. The van der Waals surface area contributed by atoms with Crippen LogP contribution in [-0.4, -0.2) is 12.5 Å². The quantitative estimate of drug-likeness (QED) is 0.906. The van der Waals surface area contributed by atoms with Crippen molar-refractivity contribution in [1.29, 1.82) is 0 Å². The van der Waals surface area contributed by atoms with Crippen LogP contribution in [0.1, 0.15) is 17.3 Å². The second-order valence-corrected chi connectivity index (χ2v) is 4.87. The fourth-order valence-electron chi connectivity index (χ4n) is 1.69. The lowest BCUT2D eigenvalue weighted by Gasteiger charge is -2.09. The van der Waals surface area contributed by atoms with Crippen LogP contribution in [0, 0.1) is 5.82 Å². The number of rotatable bonds is 4. The third kappa shape index (κ3) is 3.36. The molecule has 0 atom stereocenters. The zero-order chi connectivity index (χ0) is 14.5. The van der Waals surface area contributed by atoms with Crippen molar-refractivity contribution in [2.75, 3.05) is 11.9 Å². The average molecular weight is 338 g/mol. The molecule has 0 unspecified atom stereocenters. The number of carbonyl (C=O) groups is 1. The van der Waals surface area contributed by atoms with Gasteiger partial charge in [-0.1, -0.05) is 12.1 Å². The summed E-state index contributed by atoms with van der Waals surface area (Å²) in [5.41, 5.74) is 0.869. The second-order valence-electron chi connectivity index (χ2n) is 4.01. The molecule has 0 aliphatic rings. The molecule has 1 amide bonds. The maximum atomic E-state index is 13.7. The number of benzene rings is 2. The Labute approximate surface area is 124 Å². The van der Waals surface area contributed by atoms with E-state index in [1.807, 2.05) is 6.07 Å². The summed E-state index contributed by atoms with van der Waals surface area (Å²) in [4.78, 5) is 12.1. The Balaban J connectivity index is 2.16. The van der Waals surface area contributed by atoms with Gasteiger partial charge in [0.05, 0.1) is 12.2 Å². The lowest BCUT2D eigenvalue weighted by molar-refractivity contribution is 0.102. The van der Waals surface area contributed by atoms with Gasteiger partial charge in [-0.15, -0.1) is 0 Å². The van der Waals surface area contributed by atoms with Gasteiger partial charge in [0.2, 0.25) is 0 Å². The Hall–Kier alpha value is -1.88. The van der Waals surface area contributed by atoms with Gasteiger partial charge in [0, 0.05) is 16.2 Å². The minimum atomic E-state index is -0.503. The first-order chi connectivity index (χ1) is 9.61. The highest BCUT2D eigenvalue weighted by atomic mass is 79.9. The molecule has 5 heteroatoms. The third-order valence-electron chi connectivity index (χ3n) is 2.61. The van der Waals surface area contributed by atoms with E-state index < -0.39 is 5.82 Å². The summed E-state index contributed by atoms with van der Waals surface area (Å²) in [6.45, 7) is 2.17. The van der Waals surface area contributed by atoms with Crippen molar-refractivity contribution in [3.8, 4) is 5.75 Å². The molecule has 0 saturated heterocycles. The van der Waals surface area contributed by atoms with Crippen LogP contribution in [0.3, 0.4) is 0 Å². The van der Waals surface area contributed by atoms with E-state index in [2.05, 4.69) is 21.2 Å². The van der Waals surface area contributed by atoms with Crippen molar-refractivity contribution in [1.82, 2.24) is 0 Å². The SMILES string of the molecule is CCOc1ccc(NC(=O)c2ccccc2Br)cc1F. The van der Waals surface area contributed by atoms with E-state index in [1.54, 1.807) is 31.2 Å². The van der Waals surface area contributed by atoms with Crippen molar-refractivity contribution >= 4 is 27.5 Å². The first-order valence-electron chi connectivity index (χ1n) is 6.10. The Kier molecular flexibility index (Phi) is 4.74. The molecule has 104 valence electrons. The minimum Gasteiger partial charge on any atom is -0.491 e. The third-order valence-corrected chi connectivity index (χ3v) is 3.30. The molecular weight excluding hydrogens is 325 g/mol. The molecule has 0 aromatic heterocycles. The molecule has 2 rings (SSSR count). The summed E-state index contributed by atoms with van der Waals surface area (Å²) >= 11 is 3.30. The zero-order valence-electron chi connectivity index (χ0n) is 10.8. The van der Waals surface area contributed by atoms with Crippen LogP contribution in [0.4, 0.5) is 10.1 Å². The van der Waals surface area contributed by atoms with E-state index in [1.165, 1.54) is 12.1 Å². The Bertz CT molecular complexity index is 631. The van der Waals surface area contributed by atoms with Crippen molar-refractivity contribution in [2.45, 2.75) is 6.92 Å². The van der Waals surface area contributed by atoms with E-state index >= 15 is 0 Å². The maximum absolute atomic E-state index is 13.7. The normalized spacial score (nSPS) is 10.2. The molecule has 0 fully saturated rings. The van der Waals surface area contributed by atoms with Crippen LogP contribution in [0.15, 0.2) is 46.9 Å². The minimum absolute atomic E-state index is 0.173. The molecule has 2 aromatic carbocycles. The molecular formula is C15H13BrFNO2. The van der Waals surface area contributed by atoms with Crippen molar-refractivity contribution in [3.63, 3.8) is 0 Å². The van der Waals surface area contributed by atoms with Gasteiger partial charge in [-0.05, 0) is 47.1 Å². The number of amides is 1. The van der Waals surface area contributed by atoms with Gasteiger partial charge in [-0.3, -0.25) is 4.79 Å². The van der Waals surface area contributed by atoms with Gasteiger partial charge >= 0.3 is 0 Å². The monoisotopic (exact) mass is 337 g/mol. The highest BCUT2D eigenvalue weighted by molar-refractivity contribution is 9.10. The Morgan fingerprint density at radius 2 is 2.05 bits per heavy atom. The molecule has 0 aliphatic carbocycles. The largest absolute Gasteiger partial charge is 0.491 e. The van der Waals surface area contributed by atoms with E-state index in [0.717, 1.165) is 0 Å². The molecule has 0 heterocycles. The summed E-state index contributed by atoms with van der Waals surface area (Å²) in [5.74, 6) is -0.635. The highest BCUT2D eigenvalue weighted by Crippen LogP contribution is 2.22. The van der Waals surface area contributed by atoms with Crippen LogP contribution in [0.5, 0.6) is 5.75 Å². The van der Waals surface area contributed by atoms with Crippen molar-refractivity contribution in [3.05, 3.63) is 58.3 Å². The number of hydrogen-bond donors (Lipinski definition) is 1. The summed E-state index contributed by atoms with van der Waals surface area (Å²) in [6, 6.07) is 11.4. The zero-order valence-corrected chi connectivity index (χ0v) is 12.4. The van der Waals surface area contributed by atoms with E-state index in [9.17, 15) is 9.18 Å². The summed E-state index contributed by atoms with van der Waals surface area (Å²) in [5, 5.41) is 2.64. The van der Waals surface area contributed by atoms with E-state index in [-0.39, 0.29) is 11.7 Å². The molecule has 0 spiro atoms. The van der Waals surface area contributed by atoms with E-state index in [4.69, 9.17) is 4.74 Å². The predicted molar refractivity (Wildman–Crippen MR) is 79.7 cm³/mol. The lowest BCUT2D eigenvalue weighted by Crippen LogP contribution is -2.12. The van der Waals surface area contributed by atoms with Crippen LogP contribution in [-0.2, 0) is 0 Å². The summed E-state index contributed by atoms with van der Waals surface area (Å²) in [7, 11) is 0. The van der Waals surface area contributed by atoms with E-state index in [0.29, 0.717) is 22.3 Å². The smallest absolute Gasteiger partial charge is 0.256 e. The van der Waals surface area contributed by atoms with Gasteiger partial charge < -0.3 is 10.1 Å². The molecule has 20 heavy (non-hydrogen) atoms. The van der Waals surface area contributed by atoms with Gasteiger partial charge in [-0.25, -0.2) is 4.39 Å². The van der Waals surface area contributed by atoms with Crippen molar-refractivity contribution < 1.29 is 13.9 Å². The highest BCUT2D eigenvalue weighted by Gasteiger charge is 2.11. The molecule has 0 aliphatic heterocycles. The number of ether oxygens (including phenoxy) is 1. The molecule has 0 saturated carbocycles. The van der Waals surface area contributed by atoms with Gasteiger partial charge in [-0.2, -0.15) is 0 Å².